The van der Waals surface area contributed by atoms with Crippen molar-refractivity contribution in [3.05, 3.63) is 52.6 Å². The zero-order valence-corrected chi connectivity index (χ0v) is 18.4. The first kappa shape index (κ1) is 24.4. The molecule has 1 N–H and O–H groups in total. The van der Waals surface area contributed by atoms with E-state index in [1.807, 2.05) is 0 Å². The fraction of sp³-hybridized carbons (Fsp3) is 0.316. The fourth-order valence-corrected chi connectivity index (χ4v) is 4.86. The number of halogens is 3. The van der Waals surface area contributed by atoms with E-state index in [0.717, 1.165) is 18.2 Å². The van der Waals surface area contributed by atoms with Crippen LogP contribution in [0, 0.1) is 17.6 Å². The van der Waals surface area contributed by atoms with Crippen LogP contribution in [-0.2, 0) is 14.6 Å². The normalized spacial score (nSPS) is 16.1. The van der Waals surface area contributed by atoms with E-state index < -0.39 is 33.1 Å². The highest BCUT2D eigenvalue weighted by Crippen LogP contribution is 2.28. The lowest BCUT2D eigenvalue weighted by atomic mass is 10.1. The third kappa shape index (κ3) is 5.42. The summed E-state index contributed by atoms with van der Waals surface area (Å²) >= 11 is 5.58. The molecule has 0 bridgehead atoms. The number of amides is 1. The van der Waals surface area contributed by atoms with Crippen molar-refractivity contribution >= 4 is 46.5 Å². The average Bonchev–Trinajstić information content (AvgIpc) is 3.16. The number of hydrogen-bond acceptors (Lipinski definition) is 5. The van der Waals surface area contributed by atoms with Gasteiger partial charge < -0.3 is 14.8 Å². The molecule has 0 saturated carbocycles. The molecule has 164 valence electrons. The number of carbonyl (C=O) groups is 1. The summed E-state index contributed by atoms with van der Waals surface area (Å²) in [6.45, 7) is 0.868. The number of nitrogens with one attached hydrogen (secondary N) is 1. The Kier molecular flexibility index (Phi) is 8.09. The van der Waals surface area contributed by atoms with Gasteiger partial charge in [0.25, 0.3) is 5.91 Å². The second-order valence-corrected chi connectivity index (χ2v) is 9.04. The zero-order chi connectivity index (χ0) is 21.2. The van der Waals surface area contributed by atoms with E-state index in [2.05, 4.69) is 5.32 Å². The van der Waals surface area contributed by atoms with E-state index >= 15 is 0 Å². The van der Waals surface area contributed by atoms with Crippen molar-refractivity contribution in [3.8, 4) is 5.75 Å². The van der Waals surface area contributed by atoms with Gasteiger partial charge in [-0.3, -0.25) is 4.79 Å². The average molecular weight is 480 g/mol. The highest BCUT2D eigenvalue weighted by atomic mass is 35.5. The van der Waals surface area contributed by atoms with Crippen LogP contribution in [0.15, 0.2) is 35.2 Å². The third-order valence-corrected chi connectivity index (χ3v) is 6.60. The van der Waals surface area contributed by atoms with E-state index in [9.17, 15) is 22.0 Å². The Morgan fingerprint density at radius 3 is 2.50 bits per heavy atom. The van der Waals surface area contributed by atoms with E-state index in [-0.39, 0.29) is 46.4 Å². The molecule has 1 heterocycles. The van der Waals surface area contributed by atoms with Gasteiger partial charge in [-0.1, -0.05) is 11.6 Å². The lowest BCUT2D eigenvalue weighted by Crippen LogP contribution is -2.19. The molecular formula is C19H20ClF2NO5S2. The van der Waals surface area contributed by atoms with Crippen LogP contribution in [0.1, 0.15) is 16.8 Å². The monoisotopic (exact) mass is 479 g/mol. The van der Waals surface area contributed by atoms with E-state index in [1.54, 1.807) is 0 Å². The maximum Gasteiger partial charge on any atom is 0.259 e. The summed E-state index contributed by atoms with van der Waals surface area (Å²) in [5.74, 6) is -3.25. The van der Waals surface area contributed by atoms with Gasteiger partial charge in [-0.2, -0.15) is 13.5 Å². The Labute approximate surface area is 184 Å². The first-order chi connectivity index (χ1) is 13.7. The van der Waals surface area contributed by atoms with Gasteiger partial charge in [0.15, 0.2) is 21.5 Å². The molecule has 1 atom stereocenters. The maximum absolute atomic E-state index is 14.0. The highest BCUT2D eigenvalue weighted by Gasteiger charge is 2.27. The van der Waals surface area contributed by atoms with Gasteiger partial charge in [0.2, 0.25) is 0 Å². The van der Waals surface area contributed by atoms with Gasteiger partial charge in [0.1, 0.15) is 11.4 Å². The van der Waals surface area contributed by atoms with Gasteiger partial charge in [0.05, 0.1) is 29.9 Å². The first-order valence-corrected chi connectivity index (χ1v) is 10.7. The lowest BCUT2D eigenvalue weighted by Gasteiger charge is -2.14. The minimum atomic E-state index is -3.70. The van der Waals surface area contributed by atoms with E-state index in [4.69, 9.17) is 21.1 Å². The highest BCUT2D eigenvalue weighted by molar-refractivity contribution is 7.91. The molecule has 0 unspecified atom stereocenters. The van der Waals surface area contributed by atoms with Crippen molar-refractivity contribution in [2.24, 2.45) is 5.92 Å². The van der Waals surface area contributed by atoms with Crippen molar-refractivity contribution in [2.75, 3.05) is 31.4 Å². The molecule has 2 aromatic carbocycles. The van der Waals surface area contributed by atoms with Crippen LogP contribution in [-0.4, -0.2) is 40.4 Å². The van der Waals surface area contributed by atoms with Gasteiger partial charge in [-0.15, -0.1) is 0 Å². The summed E-state index contributed by atoms with van der Waals surface area (Å²) in [5, 5.41) is 1.94. The largest absolute Gasteiger partial charge is 0.496 e. The molecule has 1 saturated heterocycles. The van der Waals surface area contributed by atoms with Crippen molar-refractivity contribution in [3.63, 3.8) is 0 Å². The molecule has 6 nitrogen and oxygen atoms in total. The van der Waals surface area contributed by atoms with Gasteiger partial charge in [-0.25, -0.2) is 17.2 Å². The summed E-state index contributed by atoms with van der Waals surface area (Å²) in [6.07, 6.45) is 0.637. The van der Waals surface area contributed by atoms with E-state index in [0.29, 0.717) is 19.6 Å². The van der Waals surface area contributed by atoms with E-state index in [1.165, 1.54) is 19.2 Å². The summed E-state index contributed by atoms with van der Waals surface area (Å²) in [6, 6.07) is 5.47. The van der Waals surface area contributed by atoms with Crippen LogP contribution < -0.4 is 10.1 Å². The van der Waals surface area contributed by atoms with Gasteiger partial charge in [-0.05, 0) is 42.7 Å². The quantitative estimate of drug-likeness (QED) is 0.681. The Bertz CT molecular complexity index is 1020. The molecular weight excluding hydrogens is 460 g/mol. The number of carbonyl (C=O) groups excluding carboxylic acids is 1. The summed E-state index contributed by atoms with van der Waals surface area (Å²) in [4.78, 5) is 12.5. The second-order valence-electron chi connectivity index (χ2n) is 6.57. The Balaban J connectivity index is 0.00000320. The summed E-state index contributed by atoms with van der Waals surface area (Å²) in [5.41, 5.74) is -0.872. The smallest absolute Gasteiger partial charge is 0.259 e. The summed E-state index contributed by atoms with van der Waals surface area (Å²) < 4.78 is 63.7. The number of hydrogen-bond donors (Lipinski definition) is 1. The van der Waals surface area contributed by atoms with Crippen molar-refractivity contribution < 1.29 is 31.5 Å². The topological polar surface area (TPSA) is 81.7 Å². The Morgan fingerprint density at radius 1 is 1.27 bits per heavy atom. The molecule has 0 spiro atoms. The number of benzene rings is 2. The van der Waals surface area contributed by atoms with Crippen LogP contribution in [0.4, 0.5) is 14.5 Å². The van der Waals surface area contributed by atoms with Crippen LogP contribution in [0.5, 0.6) is 5.75 Å². The number of ether oxygens (including phenoxy) is 2. The predicted molar refractivity (Wildman–Crippen MR) is 114 cm³/mol. The molecule has 1 fully saturated rings. The van der Waals surface area contributed by atoms with Crippen molar-refractivity contribution in [1.82, 2.24) is 0 Å². The predicted octanol–water partition coefficient (Wildman–Crippen LogP) is 3.80. The Morgan fingerprint density at radius 2 is 1.93 bits per heavy atom. The molecule has 0 radical (unpaired) electrons. The molecule has 1 aliphatic heterocycles. The van der Waals surface area contributed by atoms with Crippen molar-refractivity contribution in [1.29, 1.82) is 0 Å². The number of sulfone groups is 1. The summed E-state index contributed by atoms with van der Waals surface area (Å²) in [7, 11) is -2.41. The SMILES string of the molecule is COc1ccc(S(=O)(=O)C[C@H]2CCOC2)cc1C(=O)Nc1c(F)cc(Cl)cc1F.S. The zero-order valence-electron chi connectivity index (χ0n) is 15.9. The van der Waals surface area contributed by atoms with Crippen molar-refractivity contribution in [2.45, 2.75) is 11.3 Å². The lowest BCUT2D eigenvalue weighted by molar-refractivity contribution is 0.102. The fourth-order valence-electron chi connectivity index (χ4n) is 3.02. The molecule has 0 aromatic heterocycles. The molecule has 0 aliphatic carbocycles. The minimum absolute atomic E-state index is 0. The molecule has 2 aromatic rings. The molecule has 1 aliphatic rings. The second kappa shape index (κ2) is 9.95. The first-order valence-electron chi connectivity index (χ1n) is 8.65. The molecule has 1 amide bonds. The Hall–Kier alpha value is -1.88. The molecule has 11 heteroatoms. The van der Waals surface area contributed by atoms with Crippen LogP contribution in [0.3, 0.4) is 0 Å². The van der Waals surface area contributed by atoms with Crippen LogP contribution >= 0.6 is 25.1 Å². The van der Waals surface area contributed by atoms with Crippen LogP contribution in [0.2, 0.25) is 5.02 Å². The number of rotatable bonds is 6. The minimum Gasteiger partial charge on any atom is -0.496 e. The molecule has 30 heavy (non-hydrogen) atoms. The standard InChI is InChI=1S/C19H18ClF2NO5S.H2S/c1-27-17-3-2-13(29(25,26)10-11-4-5-28-9-11)8-14(17)19(24)23-18-15(21)6-12(20)7-16(18)22;/h2-3,6-8,11H,4-5,9-10H2,1H3,(H,23,24);1H2/t11-;/m0./s1. The third-order valence-electron chi connectivity index (χ3n) is 4.50. The van der Waals surface area contributed by atoms with Gasteiger partial charge in [0, 0.05) is 11.6 Å². The van der Waals surface area contributed by atoms with Gasteiger partial charge >= 0.3 is 0 Å². The maximum atomic E-state index is 14.0. The molecule has 3 rings (SSSR count). The number of anilines is 1. The van der Waals surface area contributed by atoms with Crippen LogP contribution in [0.25, 0.3) is 0 Å². The number of methoxy groups -OCH3 is 1.